The summed E-state index contributed by atoms with van der Waals surface area (Å²) < 4.78 is 5.32. The lowest BCUT2D eigenvalue weighted by Crippen LogP contribution is -2.52. The van der Waals surface area contributed by atoms with Crippen LogP contribution < -0.4 is 16.0 Å². The van der Waals surface area contributed by atoms with E-state index in [4.69, 9.17) is 4.74 Å². The highest BCUT2D eigenvalue weighted by Gasteiger charge is 2.39. The van der Waals surface area contributed by atoms with E-state index in [-0.39, 0.29) is 24.8 Å². The van der Waals surface area contributed by atoms with Gasteiger partial charge >= 0.3 is 6.09 Å². The molecule has 1 saturated heterocycles. The Balaban J connectivity index is 1.31. The number of anilines is 1. The summed E-state index contributed by atoms with van der Waals surface area (Å²) in [5, 5.41) is 8.31. The minimum Gasteiger partial charge on any atom is -0.445 e. The fourth-order valence-corrected chi connectivity index (χ4v) is 4.29. The van der Waals surface area contributed by atoms with Gasteiger partial charge in [-0.3, -0.25) is 19.7 Å². The zero-order chi connectivity index (χ0) is 24.2. The van der Waals surface area contributed by atoms with Crippen LogP contribution >= 0.6 is 0 Å². The number of carbonyl (C=O) groups is 4. The van der Waals surface area contributed by atoms with Crippen molar-refractivity contribution in [2.75, 3.05) is 11.9 Å². The molecule has 0 spiro atoms. The first-order valence-electron chi connectivity index (χ1n) is 11.4. The van der Waals surface area contributed by atoms with E-state index < -0.39 is 18.0 Å². The third-order valence-electron chi connectivity index (χ3n) is 6.06. The highest BCUT2D eigenvalue weighted by atomic mass is 16.5. The highest BCUT2D eigenvalue weighted by Crippen LogP contribution is 2.28. The number of ether oxygens (including phenoxy) is 1. The van der Waals surface area contributed by atoms with Gasteiger partial charge in [-0.25, -0.2) is 4.79 Å². The van der Waals surface area contributed by atoms with E-state index in [1.54, 1.807) is 12.1 Å². The van der Waals surface area contributed by atoms with Crippen LogP contribution in [0, 0.1) is 6.92 Å². The lowest BCUT2D eigenvalue weighted by molar-refractivity contribution is -0.136. The molecule has 1 atom stereocenters. The fourth-order valence-electron chi connectivity index (χ4n) is 4.29. The summed E-state index contributed by atoms with van der Waals surface area (Å²) in [6, 6.07) is 10.6. The van der Waals surface area contributed by atoms with E-state index in [0.29, 0.717) is 30.6 Å². The maximum Gasteiger partial charge on any atom is 0.407 e. The number of hydrogen-bond donors (Lipinski definition) is 3. The number of fused-ring (bicyclic) bond motifs is 1. The molecule has 4 amide bonds. The van der Waals surface area contributed by atoms with Crippen molar-refractivity contribution in [2.45, 2.75) is 52.4 Å². The standard InChI is InChI=1S/C25H28N4O5/c1-3-26-20-7-5-16(10-15(20)2)12-27-25(33)34-14-17-4-6-18-13-29(24(32)19(18)11-17)21-8-9-22(30)28-23(21)31/h4-7,10-11,21,26H,3,8-9,12-14H2,1-2H3,(H,27,33)(H,28,30,31). The summed E-state index contributed by atoms with van der Waals surface area (Å²) in [5.74, 6) is -1.01. The number of piperidine rings is 1. The molecule has 3 N–H and O–H groups in total. The molecule has 0 radical (unpaired) electrons. The number of benzene rings is 2. The molecule has 9 heteroatoms. The number of alkyl carbamates (subject to hydrolysis) is 1. The summed E-state index contributed by atoms with van der Waals surface area (Å²) in [4.78, 5) is 50.1. The van der Waals surface area contributed by atoms with Gasteiger partial charge < -0.3 is 20.3 Å². The van der Waals surface area contributed by atoms with Crippen molar-refractivity contribution in [3.05, 3.63) is 64.2 Å². The number of aryl methyl sites for hydroxylation is 1. The van der Waals surface area contributed by atoms with Crippen LogP contribution in [0.4, 0.5) is 10.5 Å². The largest absolute Gasteiger partial charge is 0.445 e. The second-order valence-corrected chi connectivity index (χ2v) is 8.50. The van der Waals surface area contributed by atoms with Crippen molar-refractivity contribution in [1.29, 1.82) is 0 Å². The average molecular weight is 465 g/mol. The van der Waals surface area contributed by atoms with Crippen molar-refractivity contribution in [2.24, 2.45) is 0 Å². The third-order valence-corrected chi connectivity index (χ3v) is 6.06. The molecule has 34 heavy (non-hydrogen) atoms. The molecule has 0 saturated carbocycles. The van der Waals surface area contributed by atoms with Crippen molar-refractivity contribution in [3.8, 4) is 0 Å². The number of nitrogens with zero attached hydrogens (tertiary/aromatic N) is 1. The first-order valence-corrected chi connectivity index (χ1v) is 11.4. The molecule has 1 unspecified atom stereocenters. The molecule has 9 nitrogen and oxygen atoms in total. The predicted molar refractivity (Wildman–Crippen MR) is 125 cm³/mol. The molecule has 2 heterocycles. The topological polar surface area (TPSA) is 117 Å². The van der Waals surface area contributed by atoms with Gasteiger partial charge in [0.2, 0.25) is 11.8 Å². The maximum atomic E-state index is 12.9. The van der Waals surface area contributed by atoms with Crippen LogP contribution in [-0.2, 0) is 34.0 Å². The number of rotatable bonds is 7. The number of amides is 4. The molecule has 4 rings (SSSR count). The zero-order valence-corrected chi connectivity index (χ0v) is 19.3. The average Bonchev–Trinajstić information content (AvgIpc) is 3.13. The van der Waals surface area contributed by atoms with Gasteiger partial charge in [0.15, 0.2) is 0 Å². The summed E-state index contributed by atoms with van der Waals surface area (Å²) in [5.41, 5.74) is 5.10. The van der Waals surface area contributed by atoms with Crippen LogP contribution in [0.1, 0.15) is 52.4 Å². The van der Waals surface area contributed by atoms with Gasteiger partial charge in [-0.05, 0) is 54.7 Å². The minimum absolute atomic E-state index is 0.0171. The Kier molecular flexibility index (Phi) is 6.81. The normalized spacial score (nSPS) is 17.3. The molecule has 2 aliphatic rings. The lowest BCUT2D eigenvalue weighted by atomic mass is 10.0. The Labute approximate surface area is 197 Å². The molecule has 0 aliphatic carbocycles. The van der Waals surface area contributed by atoms with Crippen LogP contribution in [0.15, 0.2) is 36.4 Å². The molecule has 178 valence electrons. The Morgan fingerprint density at radius 1 is 1.15 bits per heavy atom. The van der Waals surface area contributed by atoms with E-state index in [1.165, 1.54) is 4.90 Å². The smallest absolute Gasteiger partial charge is 0.407 e. The molecule has 1 fully saturated rings. The van der Waals surface area contributed by atoms with Crippen molar-refractivity contribution in [1.82, 2.24) is 15.5 Å². The van der Waals surface area contributed by atoms with Crippen LogP contribution in [0.2, 0.25) is 0 Å². The molecular formula is C25H28N4O5. The van der Waals surface area contributed by atoms with Crippen LogP contribution in [0.3, 0.4) is 0 Å². The van der Waals surface area contributed by atoms with Gasteiger partial charge in [-0.15, -0.1) is 0 Å². The molecule has 2 aromatic carbocycles. The third kappa shape index (κ3) is 5.03. The number of hydrogen-bond acceptors (Lipinski definition) is 6. The molecule has 2 aliphatic heterocycles. The van der Waals surface area contributed by atoms with Gasteiger partial charge in [0.1, 0.15) is 12.6 Å². The van der Waals surface area contributed by atoms with Crippen LogP contribution in [-0.4, -0.2) is 41.3 Å². The molecular weight excluding hydrogens is 436 g/mol. The van der Waals surface area contributed by atoms with Crippen LogP contribution in [0.25, 0.3) is 0 Å². The van der Waals surface area contributed by atoms with E-state index >= 15 is 0 Å². The monoisotopic (exact) mass is 464 g/mol. The SMILES string of the molecule is CCNc1ccc(CNC(=O)OCc2ccc3c(c2)C(=O)N(C2CCC(=O)NC2=O)C3)cc1C. The van der Waals surface area contributed by atoms with E-state index in [2.05, 4.69) is 16.0 Å². The highest BCUT2D eigenvalue weighted by molar-refractivity contribution is 6.05. The second kappa shape index (κ2) is 9.94. The molecule has 2 aromatic rings. The maximum absolute atomic E-state index is 12.9. The number of nitrogens with one attached hydrogen (secondary N) is 3. The predicted octanol–water partition coefficient (Wildman–Crippen LogP) is 2.61. The quantitative estimate of drug-likeness (QED) is 0.543. The number of carbonyl (C=O) groups excluding carboxylic acids is 4. The first kappa shape index (κ1) is 23.3. The second-order valence-electron chi connectivity index (χ2n) is 8.50. The molecule has 0 bridgehead atoms. The summed E-state index contributed by atoms with van der Waals surface area (Å²) in [7, 11) is 0. The Morgan fingerprint density at radius 2 is 1.94 bits per heavy atom. The summed E-state index contributed by atoms with van der Waals surface area (Å²) in [6.45, 7) is 5.56. The van der Waals surface area contributed by atoms with Crippen LogP contribution in [0.5, 0.6) is 0 Å². The zero-order valence-electron chi connectivity index (χ0n) is 19.3. The fraction of sp³-hybridized carbons (Fsp3) is 0.360. The van der Waals surface area contributed by atoms with Gasteiger partial charge in [0.25, 0.3) is 5.91 Å². The van der Waals surface area contributed by atoms with Gasteiger partial charge in [0, 0.05) is 37.3 Å². The van der Waals surface area contributed by atoms with Crippen molar-refractivity contribution >= 4 is 29.5 Å². The lowest BCUT2D eigenvalue weighted by Gasteiger charge is -2.29. The Hall–Kier alpha value is -3.88. The molecule has 0 aromatic heterocycles. The first-order chi connectivity index (χ1) is 16.4. The van der Waals surface area contributed by atoms with Crippen molar-refractivity contribution in [3.63, 3.8) is 0 Å². The minimum atomic E-state index is -0.654. The van der Waals surface area contributed by atoms with Gasteiger partial charge in [-0.2, -0.15) is 0 Å². The summed E-state index contributed by atoms with van der Waals surface area (Å²) >= 11 is 0. The van der Waals surface area contributed by atoms with Gasteiger partial charge in [0.05, 0.1) is 0 Å². The van der Waals surface area contributed by atoms with Crippen molar-refractivity contribution < 1.29 is 23.9 Å². The summed E-state index contributed by atoms with van der Waals surface area (Å²) in [6.07, 6.45) is -0.0208. The number of imide groups is 1. The van der Waals surface area contributed by atoms with Gasteiger partial charge in [-0.1, -0.05) is 24.3 Å². The van der Waals surface area contributed by atoms with E-state index in [9.17, 15) is 19.2 Å². The van der Waals surface area contributed by atoms with E-state index in [0.717, 1.165) is 28.9 Å². The Bertz CT molecular complexity index is 1150. The van der Waals surface area contributed by atoms with E-state index in [1.807, 2.05) is 38.1 Å². The Morgan fingerprint density at radius 3 is 2.68 bits per heavy atom.